The molecule has 0 unspecified atom stereocenters. The molecular weight excluding hydrogens is 240 g/mol. The number of esters is 1. The second kappa shape index (κ2) is 5.44. The first-order chi connectivity index (χ1) is 8.31. The fourth-order valence-electron chi connectivity index (χ4n) is 1.27. The maximum absolute atomic E-state index is 11.5. The quantitative estimate of drug-likeness (QED) is 0.791. The lowest BCUT2D eigenvalue weighted by atomic mass is 10.4. The van der Waals surface area contributed by atoms with Crippen LogP contribution in [0.3, 0.4) is 0 Å². The molecule has 2 N–H and O–H groups in total. The number of imidazole rings is 1. The molecule has 0 atom stereocenters. The fraction of sp³-hybridized carbons (Fsp3) is 0.300. The Labute approximate surface area is 102 Å². The molecule has 0 aliphatic heterocycles. The SMILES string of the molecule is CCOC(=O)c1ncsc1NCc1cnc[nH]1. The molecule has 17 heavy (non-hydrogen) atoms. The fourth-order valence-corrected chi connectivity index (χ4v) is 1.94. The van der Waals surface area contributed by atoms with Crippen LogP contribution < -0.4 is 5.32 Å². The van der Waals surface area contributed by atoms with E-state index in [0.29, 0.717) is 23.8 Å². The van der Waals surface area contributed by atoms with Gasteiger partial charge >= 0.3 is 5.97 Å². The Balaban J connectivity index is 2.01. The number of ether oxygens (including phenoxy) is 1. The molecule has 0 fully saturated rings. The second-order valence-corrected chi connectivity index (χ2v) is 4.04. The number of carbonyl (C=O) groups excluding carboxylic acids is 1. The van der Waals surface area contributed by atoms with Gasteiger partial charge < -0.3 is 15.0 Å². The Morgan fingerprint density at radius 1 is 1.65 bits per heavy atom. The molecule has 2 aromatic rings. The molecule has 0 radical (unpaired) electrons. The summed E-state index contributed by atoms with van der Waals surface area (Å²) in [5, 5.41) is 3.83. The molecular formula is C10H12N4O2S. The lowest BCUT2D eigenvalue weighted by molar-refractivity contribution is 0.0521. The number of nitrogens with zero attached hydrogens (tertiary/aromatic N) is 2. The van der Waals surface area contributed by atoms with E-state index in [0.717, 1.165) is 5.69 Å². The predicted molar refractivity (Wildman–Crippen MR) is 64.0 cm³/mol. The first-order valence-corrected chi connectivity index (χ1v) is 6.01. The van der Waals surface area contributed by atoms with Crippen molar-refractivity contribution in [3.8, 4) is 0 Å². The molecule has 0 aliphatic rings. The predicted octanol–water partition coefficient (Wildman–Crippen LogP) is 1.65. The van der Waals surface area contributed by atoms with Gasteiger partial charge in [0.25, 0.3) is 0 Å². The Kier molecular flexibility index (Phi) is 3.71. The van der Waals surface area contributed by atoms with Crippen LogP contribution in [0.15, 0.2) is 18.0 Å². The minimum atomic E-state index is -0.402. The normalized spacial score (nSPS) is 10.2. The monoisotopic (exact) mass is 252 g/mol. The Bertz CT molecular complexity index is 480. The summed E-state index contributed by atoms with van der Waals surface area (Å²) in [5.41, 5.74) is 2.88. The van der Waals surface area contributed by atoms with Crippen LogP contribution in [-0.2, 0) is 11.3 Å². The van der Waals surface area contributed by atoms with Crippen LogP contribution in [0, 0.1) is 0 Å². The molecule has 0 amide bonds. The first-order valence-electron chi connectivity index (χ1n) is 5.13. The summed E-state index contributed by atoms with van der Waals surface area (Å²) in [7, 11) is 0. The molecule has 0 bridgehead atoms. The second-order valence-electron chi connectivity index (χ2n) is 3.18. The van der Waals surface area contributed by atoms with E-state index in [4.69, 9.17) is 4.74 Å². The number of hydrogen-bond acceptors (Lipinski definition) is 6. The van der Waals surface area contributed by atoms with E-state index in [1.165, 1.54) is 11.3 Å². The lowest BCUT2D eigenvalue weighted by Gasteiger charge is -2.04. The van der Waals surface area contributed by atoms with Gasteiger partial charge in [-0.15, -0.1) is 11.3 Å². The van der Waals surface area contributed by atoms with Crippen LogP contribution in [0.25, 0.3) is 0 Å². The van der Waals surface area contributed by atoms with Crippen LogP contribution in [0.2, 0.25) is 0 Å². The van der Waals surface area contributed by atoms with Crippen molar-refractivity contribution >= 4 is 22.3 Å². The number of nitrogens with one attached hydrogen (secondary N) is 2. The minimum Gasteiger partial charge on any atom is -0.461 e. The minimum absolute atomic E-state index is 0.330. The number of aromatic nitrogens is 3. The van der Waals surface area contributed by atoms with E-state index < -0.39 is 5.97 Å². The topological polar surface area (TPSA) is 79.9 Å². The molecule has 0 aliphatic carbocycles. The van der Waals surface area contributed by atoms with Gasteiger partial charge in [0.2, 0.25) is 0 Å². The van der Waals surface area contributed by atoms with Gasteiger partial charge in [-0.3, -0.25) is 0 Å². The van der Waals surface area contributed by atoms with Gasteiger partial charge in [0.15, 0.2) is 5.69 Å². The molecule has 0 saturated carbocycles. The number of thiazole rings is 1. The van der Waals surface area contributed by atoms with Crippen LogP contribution in [0.5, 0.6) is 0 Å². The van der Waals surface area contributed by atoms with Gasteiger partial charge in [0, 0.05) is 6.20 Å². The zero-order chi connectivity index (χ0) is 12.1. The van der Waals surface area contributed by atoms with Crippen LogP contribution in [0.4, 0.5) is 5.00 Å². The zero-order valence-corrected chi connectivity index (χ0v) is 10.1. The third-order valence-corrected chi connectivity index (χ3v) is 2.81. The average molecular weight is 252 g/mol. The van der Waals surface area contributed by atoms with Crippen molar-refractivity contribution in [2.24, 2.45) is 0 Å². The van der Waals surface area contributed by atoms with Gasteiger partial charge in [0.05, 0.1) is 30.7 Å². The smallest absolute Gasteiger partial charge is 0.360 e. The lowest BCUT2D eigenvalue weighted by Crippen LogP contribution is -2.09. The van der Waals surface area contributed by atoms with Crippen molar-refractivity contribution in [3.05, 3.63) is 29.4 Å². The number of carbonyl (C=O) groups is 1. The third kappa shape index (κ3) is 2.82. The van der Waals surface area contributed by atoms with Crippen molar-refractivity contribution in [1.29, 1.82) is 0 Å². The van der Waals surface area contributed by atoms with E-state index >= 15 is 0 Å². The van der Waals surface area contributed by atoms with Gasteiger partial charge in [-0.05, 0) is 6.92 Å². The number of aromatic amines is 1. The average Bonchev–Trinajstić information content (AvgIpc) is 2.98. The highest BCUT2D eigenvalue weighted by molar-refractivity contribution is 7.14. The highest BCUT2D eigenvalue weighted by Crippen LogP contribution is 2.21. The molecule has 0 aromatic carbocycles. The molecule has 0 saturated heterocycles. The molecule has 90 valence electrons. The maximum Gasteiger partial charge on any atom is 0.360 e. The standard InChI is InChI=1S/C10H12N4O2S/c1-2-16-10(15)8-9(17-6-14-8)12-4-7-3-11-5-13-7/h3,5-6,12H,2,4H2,1H3,(H,11,13). The van der Waals surface area contributed by atoms with E-state index in [1.54, 1.807) is 25.0 Å². The summed E-state index contributed by atoms with van der Waals surface area (Å²) in [5.74, 6) is -0.402. The Hall–Kier alpha value is -1.89. The van der Waals surface area contributed by atoms with Crippen LogP contribution in [0.1, 0.15) is 23.1 Å². The van der Waals surface area contributed by atoms with Gasteiger partial charge in [0.1, 0.15) is 5.00 Å². The van der Waals surface area contributed by atoms with Crippen molar-refractivity contribution in [2.75, 3.05) is 11.9 Å². The van der Waals surface area contributed by atoms with Crippen molar-refractivity contribution in [3.63, 3.8) is 0 Å². The van der Waals surface area contributed by atoms with Crippen molar-refractivity contribution < 1.29 is 9.53 Å². The van der Waals surface area contributed by atoms with Crippen LogP contribution in [-0.4, -0.2) is 27.5 Å². The largest absolute Gasteiger partial charge is 0.461 e. The summed E-state index contributed by atoms with van der Waals surface area (Å²) < 4.78 is 4.91. The summed E-state index contributed by atoms with van der Waals surface area (Å²) in [6, 6.07) is 0. The summed E-state index contributed by atoms with van der Waals surface area (Å²) in [6.07, 6.45) is 3.33. The van der Waals surface area contributed by atoms with Crippen LogP contribution >= 0.6 is 11.3 Å². The highest BCUT2D eigenvalue weighted by Gasteiger charge is 2.15. The maximum atomic E-state index is 11.5. The molecule has 2 heterocycles. The number of rotatable bonds is 5. The van der Waals surface area contributed by atoms with Gasteiger partial charge in [-0.25, -0.2) is 14.8 Å². The van der Waals surface area contributed by atoms with E-state index in [-0.39, 0.29) is 0 Å². The van der Waals surface area contributed by atoms with Gasteiger partial charge in [-0.2, -0.15) is 0 Å². The molecule has 6 nitrogen and oxygen atoms in total. The number of H-pyrrole nitrogens is 1. The summed E-state index contributed by atoms with van der Waals surface area (Å²) in [6.45, 7) is 2.67. The summed E-state index contributed by atoms with van der Waals surface area (Å²) in [4.78, 5) is 22.4. The molecule has 7 heteroatoms. The van der Waals surface area contributed by atoms with Gasteiger partial charge in [-0.1, -0.05) is 0 Å². The van der Waals surface area contributed by atoms with Crippen molar-refractivity contribution in [2.45, 2.75) is 13.5 Å². The zero-order valence-electron chi connectivity index (χ0n) is 9.27. The molecule has 2 aromatic heterocycles. The van der Waals surface area contributed by atoms with Crippen molar-refractivity contribution in [1.82, 2.24) is 15.0 Å². The third-order valence-electron chi connectivity index (χ3n) is 2.03. The number of hydrogen-bond donors (Lipinski definition) is 2. The molecule has 0 spiro atoms. The Morgan fingerprint density at radius 2 is 2.53 bits per heavy atom. The number of anilines is 1. The van der Waals surface area contributed by atoms with E-state index in [1.807, 2.05) is 0 Å². The van der Waals surface area contributed by atoms with E-state index in [2.05, 4.69) is 20.3 Å². The first kappa shape index (κ1) is 11.6. The van der Waals surface area contributed by atoms with E-state index in [9.17, 15) is 4.79 Å². The molecule has 2 rings (SSSR count). The highest BCUT2D eigenvalue weighted by atomic mass is 32.1. The Morgan fingerprint density at radius 3 is 3.24 bits per heavy atom. The summed E-state index contributed by atoms with van der Waals surface area (Å²) >= 11 is 1.37.